The van der Waals surface area contributed by atoms with E-state index in [0.29, 0.717) is 13.1 Å². The smallest absolute Gasteiger partial charge is 0.0964 e. The van der Waals surface area contributed by atoms with E-state index in [0.717, 1.165) is 23.4 Å². The minimum absolute atomic E-state index is 0.503. The molecule has 0 heterocycles. The average molecular weight is 284 g/mol. The Labute approximate surface area is 127 Å². The van der Waals surface area contributed by atoms with Crippen LogP contribution in [-0.2, 0) is 6.54 Å². The first-order chi connectivity index (χ1) is 10.1. The van der Waals surface area contributed by atoms with Crippen LogP contribution in [0.1, 0.15) is 29.7 Å². The molecule has 0 aliphatic heterocycles. The maximum absolute atomic E-state index is 10.4. The van der Waals surface area contributed by atoms with Gasteiger partial charge in [0.25, 0.3) is 0 Å². The van der Waals surface area contributed by atoms with Crippen LogP contribution in [0.2, 0.25) is 0 Å². The fourth-order valence-electron chi connectivity index (χ4n) is 2.43. The summed E-state index contributed by atoms with van der Waals surface area (Å²) < 4.78 is 0. The number of aryl methyl sites for hydroxylation is 1. The molecule has 0 saturated heterocycles. The normalized spacial score (nSPS) is 12.2. The molecular weight excluding hydrogens is 260 g/mol. The summed E-state index contributed by atoms with van der Waals surface area (Å²) in [5.41, 5.74) is 9.98. The first-order valence-corrected chi connectivity index (χ1v) is 7.42. The number of aliphatic hydroxyl groups excluding tert-OH is 1. The monoisotopic (exact) mass is 284 g/mol. The largest absolute Gasteiger partial charge is 0.387 e. The lowest BCUT2D eigenvalue weighted by atomic mass is 10.1. The molecule has 0 fully saturated rings. The molecule has 1 unspecified atom stereocenters. The molecule has 2 aromatic carbocycles. The van der Waals surface area contributed by atoms with E-state index in [-0.39, 0.29) is 0 Å². The van der Waals surface area contributed by atoms with Gasteiger partial charge < -0.3 is 15.7 Å². The number of nitrogens with two attached hydrogens (primary N) is 1. The lowest BCUT2D eigenvalue weighted by Gasteiger charge is -2.26. The number of hydrogen-bond donors (Lipinski definition) is 2. The Balaban J connectivity index is 2.10. The summed E-state index contributed by atoms with van der Waals surface area (Å²) in [6, 6.07) is 16.2. The van der Waals surface area contributed by atoms with Gasteiger partial charge in [-0.1, -0.05) is 36.4 Å². The van der Waals surface area contributed by atoms with Gasteiger partial charge in [0, 0.05) is 25.3 Å². The van der Waals surface area contributed by atoms with E-state index in [9.17, 15) is 5.11 Å². The van der Waals surface area contributed by atoms with Crippen molar-refractivity contribution >= 4 is 5.69 Å². The number of rotatable bonds is 6. The molecule has 112 valence electrons. The van der Waals surface area contributed by atoms with Gasteiger partial charge in [-0.2, -0.15) is 0 Å². The van der Waals surface area contributed by atoms with Gasteiger partial charge in [0.2, 0.25) is 0 Å². The summed E-state index contributed by atoms with van der Waals surface area (Å²) in [6.07, 6.45) is -0.503. The molecule has 0 bridgehead atoms. The number of benzene rings is 2. The number of likely N-dealkylation sites (N-methyl/N-ethyl adjacent to an activating group) is 1. The van der Waals surface area contributed by atoms with Crippen LogP contribution in [-0.4, -0.2) is 18.2 Å². The van der Waals surface area contributed by atoms with Crippen molar-refractivity contribution in [3.05, 3.63) is 65.2 Å². The summed E-state index contributed by atoms with van der Waals surface area (Å²) in [4.78, 5) is 2.19. The van der Waals surface area contributed by atoms with Crippen LogP contribution in [0.5, 0.6) is 0 Å². The van der Waals surface area contributed by atoms with Crippen LogP contribution in [0.15, 0.2) is 48.5 Å². The number of hydrogen-bond acceptors (Lipinski definition) is 3. The summed E-state index contributed by atoms with van der Waals surface area (Å²) >= 11 is 0. The zero-order valence-electron chi connectivity index (χ0n) is 12.8. The fourth-order valence-corrected chi connectivity index (χ4v) is 2.43. The van der Waals surface area contributed by atoms with Crippen LogP contribution in [0.25, 0.3) is 0 Å². The van der Waals surface area contributed by atoms with Crippen molar-refractivity contribution in [1.82, 2.24) is 0 Å². The van der Waals surface area contributed by atoms with Crippen LogP contribution in [0.4, 0.5) is 5.69 Å². The van der Waals surface area contributed by atoms with Crippen molar-refractivity contribution in [3.63, 3.8) is 0 Å². The SMILES string of the molecule is CCN(CC(O)c1ccc(CN)cc1)c1cccc(C)c1. The lowest BCUT2D eigenvalue weighted by Crippen LogP contribution is -2.28. The third-order valence-corrected chi connectivity index (χ3v) is 3.74. The van der Waals surface area contributed by atoms with E-state index < -0.39 is 6.10 Å². The topological polar surface area (TPSA) is 49.5 Å². The first kappa shape index (κ1) is 15.5. The second-order valence-corrected chi connectivity index (χ2v) is 5.34. The van der Waals surface area contributed by atoms with E-state index in [1.807, 2.05) is 24.3 Å². The Morgan fingerprint density at radius 1 is 1.14 bits per heavy atom. The molecular formula is C18H24N2O. The van der Waals surface area contributed by atoms with E-state index in [2.05, 4.69) is 43.0 Å². The summed E-state index contributed by atoms with van der Waals surface area (Å²) in [6.45, 7) is 6.16. The predicted molar refractivity (Wildman–Crippen MR) is 88.4 cm³/mol. The molecule has 0 aliphatic carbocycles. The molecule has 0 spiro atoms. The molecule has 2 aromatic rings. The highest BCUT2D eigenvalue weighted by Gasteiger charge is 2.13. The highest BCUT2D eigenvalue weighted by atomic mass is 16.3. The summed E-state index contributed by atoms with van der Waals surface area (Å²) in [5.74, 6) is 0. The quantitative estimate of drug-likeness (QED) is 0.857. The van der Waals surface area contributed by atoms with Crippen LogP contribution in [0.3, 0.4) is 0 Å². The average Bonchev–Trinajstić information content (AvgIpc) is 2.52. The predicted octanol–water partition coefficient (Wildman–Crippen LogP) is 3.01. The minimum atomic E-state index is -0.503. The number of aliphatic hydroxyl groups is 1. The standard InChI is InChI=1S/C18H24N2O/c1-3-20(17-6-4-5-14(2)11-17)13-18(21)16-9-7-15(12-19)8-10-16/h4-11,18,21H,3,12-13,19H2,1-2H3. The third-order valence-electron chi connectivity index (χ3n) is 3.74. The van der Waals surface area contributed by atoms with Gasteiger partial charge >= 0.3 is 0 Å². The van der Waals surface area contributed by atoms with Gasteiger partial charge in [-0.15, -0.1) is 0 Å². The second-order valence-electron chi connectivity index (χ2n) is 5.34. The van der Waals surface area contributed by atoms with Gasteiger partial charge in [-0.3, -0.25) is 0 Å². The fraction of sp³-hybridized carbons (Fsp3) is 0.333. The molecule has 0 amide bonds. The van der Waals surface area contributed by atoms with Crippen LogP contribution < -0.4 is 10.6 Å². The van der Waals surface area contributed by atoms with Crippen LogP contribution in [0, 0.1) is 6.92 Å². The van der Waals surface area contributed by atoms with Gasteiger partial charge in [0.05, 0.1) is 6.10 Å². The second kappa shape index (κ2) is 7.25. The highest BCUT2D eigenvalue weighted by molar-refractivity contribution is 5.48. The Morgan fingerprint density at radius 3 is 2.43 bits per heavy atom. The van der Waals surface area contributed by atoms with E-state index in [4.69, 9.17) is 5.73 Å². The van der Waals surface area contributed by atoms with E-state index in [1.54, 1.807) is 0 Å². The van der Waals surface area contributed by atoms with Gasteiger partial charge in [-0.25, -0.2) is 0 Å². The van der Waals surface area contributed by atoms with Crippen molar-refractivity contribution in [2.24, 2.45) is 5.73 Å². The molecule has 0 saturated carbocycles. The molecule has 3 nitrogen and oxygen atoms in total. The maximum atomic E-state index is 10.4. The molecule has 3 heteroatoms. The zero-order chi connectivity index (χ0) is 15.2. The van der Waals surface area contributed by atoms with Crippen molar-refractivity contribution in [2.75, 3.05) is 18.0 Å². The maximum Gasteiger partial charge on any atom is 0.0964 e. The van der Waals surface area contributed by atoms with Crippen molar-refractivity contribution in [3.8, 4) is 0 Å². The molecule has 0 radical (unpaired) electrons. The zero-order valence-corrected chi connectivity index (χ0v) is 12.8. The molecule has 21 heavy (non-hydrogen) atoms. The Kier molecular flexibility index (Phi) is 5.37. The Hall–Kier alpha value is -1.84. The molecule has 0 aromatic heterocycles. The summed E-state index contributed by atoms with van der Waals surface area (Å²) in [7, 11) is 0. The van der Waals surface area contributed by atoms with Crippen molar-refractivity contribution in [1.29, 1.82) is 0 Å². The van der Waals surface area contributed by atoms with Crippen molar-refractivity contribution < 1.29 is 5.11 Å². The van der Waals surface area contributed by atoms with Gasteiger partial charge in [0.1, 0.15) is 0 Å². The van der Waals surface area contributed by atoms with E-state index >= 15 is 0 Å². The van der Waals surface area contributed by atoms with Crippen LogP contribution >= 0.6 is 0 Å². The number of nitrogens with zero attached hydrogens (tertiary/aromatic N) is 1. The summed E-state index contributed by atoms with van der Waals surface area (Å²) in [5, 5.41) is 10.4. The lowest BCUT2D eigenvalue weighted by molar-refractivity contribution is 0.183. The van der Waals surface area contributed by atoms with Gasteiger partial charge in [-0.05, 0) is 42.7 Å². The Morgan fingerprint density at radius 2 is 1.86 bits per heavy atom. The molecule has 2 rings (SSSR count). The Bertz CT molecular complexity index is 566. The van der Waals surface area contributed by atoms with Crippen molar-refractivity contribution in [2.45, 2.75) is 26.5 Å². The minimum Gasteiger partial charge on any atom is -0.387 e. The molecule has 1 atom stereocenters. The van der Waals surface area contributed by atoms with Gasteiger partial charge in [0.15, 0.2) is 0 Å². The molecule has 0 aliphatic rings. The highest BCUT2D eigenvalue weighted by Crippen LogP contribution is 2.21. The first-order valence-electron chi connectivity index (χ1n) is 7.42. The van der Waals surface area contributed by atoms with E-state index in [1.165, 1.54) is 5.56 Å². The molecule has 3 N–H and O–H groups in total. The number of anilines is 1. The third kappa shape index (κ3) is 4.06.